The highest BCUT2D eigenvalue weighted by molar-refractivity contribution is 4.98. The van der Waals surface area contributed by atoms with E-state index in [1.54, 1.807) is 6.26 Å². The van der Waals surface area contributed by atoms with Crippen molar-refractivity contribution in [3.63, 3.8) is 0 Å². The van der Waals surface area contributed by atoms with Crippen molar-refractivity contribution in [3.8, 4) is 0 Å². The van der Waals surface area contributed by atoms with Crippen LogP contribution in [0, 0.1) is 5.92 Å². The maximum absolute atomic E-state index is 5.37. The van der Waals surface area contributed by atoms with E-state index < -0.39 is 0 Å². The molecular formula is C12H20N2O. The molecule has 1 atom stereocenters. The molecule has 15 heavy (non-hydrogen) atoms. The first kappa shape index (κ1) is 10.7. The highest BCUT2D eigenvalue weighted by Crippen LogP contribution is 2.17. The third kappa shape index (κ3) is 3.08. The van der Waals surface area contributed by atoms with Gasteiger partial charge in [-0.15, -0.1) is 0 Å². The number of rotatable bonds is 4. The zero-order valence-corrected chi connectivity index (χ0v) is 9.41. The lowest BCUT2D eigenvalue weighted by Crippen LogP contribution is -2.38. The quantitative estimate of drug-likeness (QED) is 0.816. The van der Waals surface area contributed by atoms with Crippen LogP contribution in [-0.4, -0.2) is 31.6 Å². The van der Waals surface area contributed by atoms with Crippen molar-refractivity contribution in [2.24, 2.45) is 5.92 Å². The van der Waals surface area contributed by atoms with Gasteiger partial charge in [0.2, 0.25) is 0 Å². The average molecular weight is 208 g/mol. The summed E-state index contributed by atoms with van der Waals surface area (Å²) >= 11 is 0. The Morgan fingerprint density at radius 1 is 1.60 bits per heavy atom. The number of nitrogens with one attached hydrogen (secondary N) is 1. The lowest BCUT2D eigenvalue weighted by Gasteiger charge is -2.31. The highest BCUT2D eigenvalue weighted by atomic mass is 16.3. The van der Waals surface area contributed by atoms with E-state index >= 15 is 0 Å². The van der Waals surface area contributed by atoms with Gasteiger partial charge in [-0.25, -0.2) is 0 Å². The molecule has 0 aromatic carbocycles. The van der Waals surface area contributed by atoms with Gasteiger partial charge in [-0.2, -0.15) is 0 Å². The number of likely N-dealkylation sites (tertiary alicyclic amines) is 1. The van der Waals surface area contributed by atoms with Gasteiger partial charge in [0.1, 0.15) is 5.76 Å². The second kappa shape index (κ2) is 5.33. The van der Waals surface area contributed by atoms with Crippen LogP contribution < -0.4 is 5.32 Å². The van der Waals surface area contributed by atoms with Gasteiger partial charge in [-0.05, 0) is 51.0 Å². The Bertz CT molecular complexity index is 269. The molecule has 0 amide bonds. The van der Waals surface area contributed by atoms with Crippen molar-refractivity contribution in [2.75, 3.05) is 26.7 Å². The zero-order valence-electron chi connectivity index (χ0n) is 9.41. The van der Waals surface area contributed by atoms with Gasteiger partial charge in [-0.1, -0.05) is 0 Å². The third-order valence-corrected chi connectivity index (χ3v) is 3.06. The summed E-state index contributed by atoms with van der Waals surface area (Å²) in [5, 5.41) is 3.27. The van der Waals surface area contributed by atoms with Crippen molar-refractivity contribution >= 4 is 0 Å². The number of nitrogens with zero attached hydrogens (tertiary/aromatic N) is 1. The summed E-state index contributed by atoms with van der Waals surface area (Å²) in [5.41, 5.74) is 0. The Kier molecular flexibility index (Phi) is 3.80. The number of piperidine rings is 1. The fraction of sp³-hybridized carbons (Fsp3) is 0.667. The van der Waals surface area contributed by atoms with Crippen molar-refractivity contribution in [1.82, 2.24) is 10.2 Å². The average Bonchev–Trinajstić information content (AvgIpc) is 2.71. The Morgan fingerprint density at radius 2 is 2.53 bits per heavy atom. The Labute approximate surface area is 91.4 Å². The Balaban J connectivity index is 1.82. The largest absolute Gasteiger partial charge is 0.468 e. The van der Waals surface area contributed by atoms with Gasteiger partial charge in [0.05, 0.1) is 12.8 Å². The lowest BCUT2D eigenvalue weighted by molar-refractivity contribution is 0.156. The number of hydrogen-bond donors (Lipinski definition) is 1. The fourth-order valence-corrected chi connectivity index (χ4v) is 2.37. The van der Waals surface area contributed by atoms with E-state index in [4.69, 9.17) is 4.42 Å². The molecule has 0 aliphatic carbocycles. The standard InChI is InChI=1S/C12H20N2O/c1-13-8-11-4-2-6-14(9-11)10-12-5-3-7-15-12/h3,5,7,11,13H,2,4,6,8-10H2,1H3/t11-/m1/s1. The van der Waals surface area contributed by atoms with E-state index in [-0.39, 0.29) is 0 Å². The first-order chi connectivity index (χ1) is 7.38. The SMILES string of the molecule is CNC[C@H]1CCCN(Cc2ccco2)C1. The smallest absolute Gasteiger partial charge is 0.117 e. The predicted molar refractivity (Wildman–Crippen MR) is 60.6 cm³/mol. The second-order valence-electron chi connectivity index (χ2n) is 4.38. The van der Waals surface area contributed by atoms with Gasteiger partial charge < -0.3 is 9.73 Å². The Hall–Kier alpha value is -0.800. The van der Waals surface area contributed by atoms with Gasteiger partial charge >= 0.3 is 0 Å². The molecule has 0 radical (unpaired) electrons. The molecule has 1 fully saturated rings. The second-order valence-corrected chi connectivity index (χ2v) is 4.38. The zero-order chi connectivity index (χ0) is 10.5. The topological polar surface area (TPSA) is 28.4 Å². The first-order valence-electron chi connectivity index (χ1n) is 5.78. The van der Waals surface area contributed by atoms with Crippen molar-refractivity contribution in [1.29, 1.82) is 0 Å². The van der Waals surface area contributed by atoms with Gasteiger partial charge in [0.15, 0.2) is 0 Å². The van der Waals surface area contributed by atoms with Crippen LogP contribution in [0.15, 0.2) is 22.8 Å². The van der Waals surface area contributed by atoms with Crippen LogP contribution in [0.1, 0.15) is 18.6 Å². The van der Waals surface area contributed by atoms with Crippen LogP contribution in [0.5, 0.6) is 0 Å². The van der Waals surface area contributed by atoms with E-state index in [1.807, 2.05) is 13.1 Å². The molecule has 1 aliphatic heterocycles. The van der Waals surface area contributed by atoms with Crippen LogP contribution in [0.25, 0.3) is 0 Å². The molecule has 1 aliphatic rings. The van der Waals surface area contributed by atoms with Crippen molar-refractivity contribution < 1.29 is 4.42 Å². The molecule has 0 spiro atoms. The number of hydrogen-bond acceptors (Lipinski definition) is 3. The predicted octanol–water partition coefficient (Wildman–Crippen LogP) is 1.71. The maximum atomic E-state index is 5.37. The van der Waals surface area contributed by atoms with Crippen LogP contribution in [0.4, 0.5) is 0 Å². The van der Waals surface area contributed by atoms with Crippen molar-refractivity contribution in [3.05, 3.63) is 24.2 Å². The van der Waals surface area contributed by atoms with E-state index in [0.717, 1.165) is 24.8 Å². The lowest BCUT2D eigenvalue weighted by atomic mass is 9.98. The molecule has 3 heteroatoms. The summed E-state index contributed by atoms with van der Waals surface area (Å²) in [4.78, 5) is 2.49. The summed E-state index contributed by atoms with van der Waals surface area (Å²) in [7, 11) is 2.03. The molecule has 84 valence electrons. The minimum absolute atomic E-state index is 0.804. The highest BCUT2D eigenvalue weighted by Gasteiger charge is 2.19. The summed E-state index contributed by atoms with van der Waals surface area (Å²) in [6, 6.07) is 4.02. The van der Waals surface area contributed by atoms with Crippen LogP contribution in [0.2, 0.25) is 0 Å². The summed E-state index contributed by atoms with van der Waals surface area (Å²) in [5.74, 6) is 1.89. The normalized spacial score (nSPS) is 23.1. The molecule has 0 unspecified atom stereocenters. The molecule has 2 rings (SSSR count). The van der Waals surface area contributed by atoms with Crippen LogP contribution in [0.3, 0.4) is 0 Å². The summed E-state index contributed by atoms with van der Waals surface area (Å²) < 4.78 is 5.37. The molecule has 1 aromatic heterocycles. The molecule has 0 bridgehead atoms. The van der Waals surface area contributed by atoms with E-state index in [2.05, 4.69) is 16.3 Å². The molecule has 1 saturated heterocycles. The number of furan rings is 1. The molecular weight excluding hydrogens is 188 g/mol. The van der Waals surface area contributed by atoms with Crippen molar-refractivity contribution in [2.45, 2.75) is 19.4 Å². The summed E-state index contributed by atoms with van der Waals surface area (Å²) in [6.45, 7) is 4.50. The third-order valence-electron chi connectivity index (χ3n) is 3.06. The molecule has 3 nitrogen and oxygen atoms in total. The summed E-state index contributed by atoms with van der Waals surface area (Å²) in [6.07, 6.45) is 4.42. The van der Waals surface area contributed by atoms with E-state index in [1.165, 1.54) is 25.9 Å². The first-order valence-corrected chi connectivity index (χ1v) is 5.78. The molecule has 1 aromatic rings. The van der Waals surface area contributed by atoms with Crippen LogP contribution >= 0.6 is 0 Å². The van der Waals surface area contributed by atoms with Crippen LogP contribution in [-0.2, 0) is 6.54 Å². The van der Waals surface area contributed by atoms with Gasteiger partial charge in [0, 0.05) is 6.54 Å². The molecule has 1 N–H and O–H groups in total. The minimum Gasteiger partial charge on any atom is -0.468 e. The Morgan fingerprint density at radius 3 is 3.27 bits per heavy atom. The maximum Gasteiger partial charge on any atom is 0.117 e. The molecule has 2 heterocycles. The monoisotopic (exact) mass is 208 g/mol. The van der Waals surface area contributed by atoms with E-state index in [0.29, 0.717) is 0 Å². The minimum atomic E-state index is 0.804. The van der Waals surface area contributed by atoms with E-state index in [9.17, 15) is 0 Å². The fourth-order valence-electron chi connectivity index (χ4n) is 2.37. The molecule has 0 saturated carbocycles. The van der Waals surface area contributed by atoms with Gasteiger partial charge in [0.25, 0.3) is 0 Å². The van der Waals surface area contributed by atoms with Gasteiger partial charge in [-0.3, -0.25) is 4.90 Å².